The van der Waals surface area contributed by atoms with E-state index in [2.05, 4.69) is 15.2 Å². The minimum atomic E-state index is -0.908. The molecule has 0 aromatic carbocycles. The van der Waals surface area contributed by atoms with Crippen LogP contribution in [0, 0.1) is 0 Å². The lowest BCUT2D eigenvalue weighted by molar-refractivity contribution is -0.136. The van der Waals surface area contributed by atoms with Crippen LogP contribution in [0.3, 0.4) is 0 Å². The second-order valence-corrected chi connectivity index (χ2v) is 6.09. The van der Waals surface area contributed by atoms with Crippen LogP contribution < -0.4 is 0 Å². The molecule has 2 aromatic rings. The van der Waals surface area contributed by atoms with Gasteiger partial charge in [-0.3, -0.25) is 14.9 Å². The number of likely N-dealkylation sites (tertiary alicyclic amines) is 1. The third-order valence-corrected chi connectivity index (χ3v) is 4.50. The molecule has 0 bridgehead atoms. The van der Waals surface area contributed by atoms with E-state index in [0.717, 1.165) is 18.4 Å². The SMILES string of the molecule is O=C(CCCc1cn[nH]c1)N1CCC(O)(c2ccccn2)CC1. The number of aromatic amines is 1. The van der Waals surface area contributed by atoms with E-state index in [1.54, 1.807) is 12.4 Å². The number of aromatic nitrogens is 3. The van der Waals surface area contributed by atoms with Crippen molar-refractivity contribution in [1.29, 1.82) is 0 Å². The molecule has 1 aliphatic rings. The lowest BCUT2D eigenvalue weighted by Gasteiger charge is -2.37. The topological polar surface area (TPSA) is 82.1 Å². The Balaban J connectivity index is 1.47. The summed E-state index contributed by atoms with van der Waals surface area (Å²) in [6.45, 7) is 1.16. The Morgan fingerprint density at radius 1 is 1.35 bits per heavy atom. The molecule has 0 aliphatic carbocycles. The largest absolute Gasteiger partial charge is 0.383 e. The number of nitrogens with one attached hydrogen (secondary N) is 1. The predicted molar refractivity (Wildman–Crippen MR) is 85.5 cm³/mol. The highest BCUT2D eigenvalue weighted by Crippen LogP contribution is 2.31. The smallest absolute Gasteiger partial charge is 0.222 e. The van der Waals surface area contributed by atoms with Crippen molar-refractivity contribution < 1.29 is 9.90 Å². The van der Waals surface area contributed by atoms with Gasteiger partial charge in [0.15, 0.2) is 0 Å². The Morgan fingerprint density at radius 2 is 2.17 bits per heavy atom. The molecule has 23 heavy (non-hydrogen) atoms. The second kappa shape index (κ2) is 6.91. The Hall–Kier alpha value is -2.21. The average Bonchev–Trinajstić information content (AvgIpc) is 3.10. The van der Waals surface area contributed by atoms with Crippen LogP contribution in [0.5, 0.6) is 0 Å². The van der Waals surface area contributed by atoms with Crippen molar-refractivity contribution in [1.82, 2.24) is 20.1 Å². The highest BCUT2D eigenvalue weighted by atomic mass is 16.3. The van der Waals surface area contributed by atoms with Crippen molar-refractivity contribution >= 4 is 5.91 Å². The van der Waals surface area contributed by atoms with Crippen molar-refractivity contribution in [2.45, 2.75) is 37.7 Å². The van der Waals surface area contributed by atoms with Gasteiger partial charge in [0.1, 0.15) is 5.60 Å². The van der Waals surface area contributed by atoms with Crippen LogP contribution in [0.15, 0.2) is 36.8 Å². The number of aliphatic hydroxyl groups is 1. The highest BCUT2D eigenvalue weighted by Gasteiger charge is 2.36. The molecule has 0 unspecified atom stereocenters. The third kappa shape index (κ3) is 3.76. The molecule has 0 radical (unpaired) electrons. The fourth-order valence-corrected chi connectivity index (χ4v) is 3.04. The van der Waals surface area contributed by atoms with Gasteiger partial charge in [0.25, 0.3) is 0 Å². The fraction of sp³-hybridized carbons (Fsp3) is 0.471. The molecular formula is C17H22N4O2. The van der Waals surface area contributed by atoms with Crippen LogP contribution in [-0.4, -0.2) is 44.2 Å². The molecule has 1 amide bonds. The number of carbonyl (C=O) groups is 1. The van der Waals surface area contributed by atoms with Gasteiger partial charge in [0.05, 0.1) is 11.9 Å². The van der Waals surface area contributed by atoms with E-state index in [0.29, 0.717) is 38.0 Å². The van der Waals surface area contributed by atoms with Crippen LogP contribution in [0.25, 0.3) is 0 Å². The third-order valence-electron chi connectivity index (χ3n) is 4.50. The summed E-state index contributed by atoms with van der Waals surface area (Å²) < 4.78 is 0. The normalized spacial score (nSPS) is 17.2. The van der Waals surface area contributed by atoms with Crippen molar-refractivity contribution in [3.05, 3.63) is 48.0 Å². The molecule has 6 nitrogen and oxygen atoms in total. The molecule has 3 heterocycles. The number of rotatable bonds is 5. The predicted octanol–water partition coefficient (Wildman–Crippen LogP) is 1.64. The number of amides is 1. The number of carbonyl (C=O) groups excluding carboxylic acids is 1. The summed E-state index contributed by atoms with van der Waals surface area (Å²) >= 11 is 0. The van der Waals surface area contributed by atoms with Crippen LogP contribution in [0.4, 0.5) is 0 Å². The van der Waals surface area contributed by atoms with Crippen molar-refractivity contribution in [3.8, 4) is 0 Å². The molecule has 0 saturated carbocycles. The molecule has 3 rings (SSSR count). The number of hydrogen-bond donors (Lipinski definition) is 2. The second-order valence-electron chi connectivity index (χ2n) is 6.09. The zero-order chi connectivity index (χ0) is 16.1. The van der Waals surface area contributed by atoms with Gasteiger partial charge in [-0.2, -0.15) is 5.10 Å². The number of H-pyrrole nitrogens is 1. The van der Waals surface area contributed by atoms with Crippen LogP contribution >= 0.6 is 0 Å². The van der Waals surface area contributed by atoms with E-state index < -0.39 is 5.60 Å². The van der Waals surface area contributed by atoms with E-state index in [4.69, 9.17) is 0 Å². The first-order valence-electron chi connectivity index (χ1n) is 8.07. The molecule has 1 fully saturated rings. The number of pyridine rings is 1. The number of piperidine rings is 1. The van der Waals surface area contributed by atoms with Crippen LogP contribution in [0.1, 0.15) is 36.9 Å². The maximum atomic E-state index is 12.3. The molecule has 1 aliphatic heterocycles. The summed E-state index contributed by atoms with van der Waals surface area (Å²) in [4.78, 5) is 18.4. The standard InChI is InChI=1S/C17H22N4O2/c22-16(6-3-4-14-12-19-20-13-14)21-10-7-17(23,8-11-21)15-5-1-2-9-18-15/h1-2,5,9,12-13,23H,3-4,6-8,10-11H2,(H,19,20). The van der Waals surface area contributed by atoms with Crippen molar-refractivity contribution in [2.75, 3.05) is 13.1 Å². The quantitative estimate of drug-likeness (QED) is 0.879. The molecule has 2 aromatic heterocycles. The number of nitrogens with zero attached hydrogens (tertiary/aromatic N) is 3. The first-order chi connectivity index (χ1) is 11.2. The van der Waals surface area contributed by atoms with Gasteiger partial charge in [-0.1, -0.05) is 6.07 Å². The van der Waals surface area contributed by atoms with Crippen molar-refractivity contribution in [3.63, 3.8) is 0 Å². The summed E-state index contributed by atoms with van der Waals surface area (Å²) in [6.07, 6.45) is 8.63. The zero-order valence-electron chi connectivity index (χ0n) is 13.1. The van der Waals surface area contributed by atoms with Gasteiger partial charge >= 0.3 is 0 Å². The van der Waals surface area contributed by atoms with Gasteiger partial charge < -0.3 is 10.0 Å². The van der Waals surface area contributed by atoms with E-state index in [-0.39, 0.29) is 5.91 Å². The van der Waals surface area contributed by atoms with Gasteiger partial charge in [-0.25, -0.2) is 0 Å². The molecule has 0 spiro atoms. The molecule has 6 heteroatoms. The van der Waals surface area contributed by atoms with Crippen LogP contribution in [-0.2, 0) is 16.8 Å². The first-order valence-corrected chi connectivity index (χ1v) is 8.07. The Labute approximate surface area is 135 Å². The molecular weight excluding hydrogens is 292 g/mol. The molecule has 2 N–H and O–H groups in total. The lowest BCUT2D eigenvalue weighted by Crippen LogP contribution is -2.45. The Kier molecular flexibility index (Phi) is 4.71. The summed E-state index contributed by atoms with van der Waals surface area (Å²) in [5.74, 6) is 0.163. The van der Waals surface area contributed by atoms with E-state index in [1.165, 1.54) is 0 Å². The maximum Gasteiger partial charge on any atom is 0.222 e. The number of hydrogen-bond acceptors (Lipinski definition) is 4. The van der Waals surface area contributed by atoms with Gasteiger partial charge in [0, 0.05) is 31.9 Å². The minimum Gasteiger partial charge on any atom is -0.383 e. The summed E-state index contributed by atoms with van der Waals surface area (Å²) in [7, 11) is 0. The van der Waals surface area contributed by atoms with Gasteiger partial charge in [0.2, 0.25) is 5.91 Å². The summed E-state index contributed by atoms with van der Waals surface area (Å²) in [5, 5.41) is 17.4. The fourth-order valence-electron chi connectivity index (χ4n) is 3.04. The van der Waals surface area contributed by atoms with Gasteiger partial charge in [-0.05, 0) is 43.4 Å². The van der Waals surface area contributed by atoms with E-state index in [1.807, 2.05) is 29.3 Å². The Bertz CT molecular complexity index is 619. The monoisotopic (exact) mass is 314 g/mol. The maximum absolute atomic E-state index is 12.3. The van der Waals surface area contributed by atoms with E-state index >= 15 is 0 Å². The molecule has 1 saturated heterocycles. The zero-order valence-corrected chi connectivity index (χ0v) is 13.1. The van der Waals surface area contributed by atoms with E-state index in [9.17, 15) is 9.90 Å². The molecule has 0 atom stereocenters. The number of aryl methyl sites for hydroxylation is 1. The van der Waals surface area contributed by atoms with Gasteiger partial charge in [-0.15, -0.1) is 0 Å². The van der Waals surface area contributed by atoms with Crippen molar-refractivity contribution in [2.24, 2.45) is 0 Å². The summed E-state index contributed by atoms with van der Waals surface area (Å²) in [6, 6.07) is 5.57. The lowest BCUT2D eigenvalue weighted by atomic mass is 9.87. The van der Waals surface area contributed by atoms with Crippen LogP contribution in [0.2, 0.25) is 0 Å². The minimum absolute atomic E-state index is 0.163. The highest BCUT2D eigenvalue weighted by molar-refractivity contribution is 5.76. The average molecular weight is 314 g/mol. The molecule has 122 valence electrons. The Morgan fingerprint density at radius 3 is 2.83 bits per heavy atom. The summed E-state index contributed by atoms with van der Waals surface area (Å²) in [5.41, 5.74) is 0.919. The first kappa shape index (κ1) is 15.7.